The molecule has 1 N–H and O–H groups in total. The highest BCUT2D eigenvalue weighted by Crippen LogP contribution is 2.27. The topological polar surface area (TPSA) is 42.2 Å². The quantitative estimate of drug-likeness (QED) is 0.892. The molecule has 13 heavy (non-hydrogen) atoms. The first-order valence-corrected chi connectivity index (χ1v) is 5.09. The van der Waals surface area contributed by atoms with Gasteiger partial charge in [0.25, 0.3) is 5.91 Å². The molecule has 1 aliphatic carbocycles. The summed E-state index contributed by atoms with van der Waals surface area (Å²) in [5.74, 6) is 0.0545. The molecule has 70 valence electrons. The van der Waals surface area contributed by atoms with Crippen LogP contribution in [0.1, 0.15) is 23.4 Å². The maximum Gasteiger partial charge on any atom is 0.287 e. The molecule has 5 heteroatoms. The molecule has 0 radical (unpaired) electrons. The second-order valence-corrected chi connectivity index (χ2v) is 4.18. The molecule has 0 bridgehead atoms. The Hall–Kier alpha value is -0.480. The summed E-state index contributed by atoms with van der Waals surface area (Å²) in [4.78, 5) is 11.4. The van der Waals surface area contributed by atoms with Crippen LogP contribution >= 0.6 is 27.5 Å². The molecule has 1 aromatic heterocycles. The molecular formula is C8H7BrClNO2. The van der Waals surface area contributed by atoms with Crippen molar-refractivity contribution in [3.8, 4) is 0 Å². The predicted octanol–water partition coefficient (Wildman–Crippen LogP) is 2.59. The lowest BCUT2D eigenvalue weighted by atomic mass is 10.4. The van der Waals surface area contributed by atoms with Crippen molar-refractivity contribution in [3.05, 3.63) is 21.5 Å². The van der Waals surface area contributed by atoms with Crippen molar-refractivity contribution in [1.82, 2.24) is 5.32 Å². The first-order chi connectivity index (χ1) is 6.16. The molecule has 1 saturated carbocycles. The Morgan fingerprint density at radius 2 is 2.38 bits per heavy atom. The van der Waals surface area contributed by atoms with Crippen LogP contribution < -0.4 is 5.32 Å². The molecule has 1 amide bonds. The van der Waals surface area contributed by atoms with E-state index in [0.29, 0.717) is 10.5 Å². The summed E-state index contributed by atoms with van der Waals surface area (Å²) in [5.41, 5.74) is 0. The highest BCUT2D eigenvalue weighted by molar-refractivity contribution is 9.10. The lowest BCUT2D eigenvalue weighted by Gasteiger charge is -1.97. The smallest absolute Gasteiger partial charge is 0.287 e. The van der Waals surface area contributed by atoms with Gasteiger partial charge in [-0.2, -0.15) is 0 Å². The Morgan fingerprint density at radius 3 is 2.85 bits per heavy atom. The monoisotopic (exact) mass is 263 g/mol. The SMILES string of the molecule is O=C(NC1CC1)c1cc(Br)c(Cl)o1. The maximum absolute atomic E-state index is 11.4. The second kappa shape index (κ2) is 3.35. The number of furan rings is 1. The Kier molecular flexibility index (Phi) is 2.34. The molecule has 0 atom stereocenters. The minimum absolute atomic E-state index is 0.199. The van der Waals surface area contributed by atoms with Crippen molar-refractivity contribution in [2.75, 3.05) is 0 Å². The number of rotatable bonds is 2. The molecule has 0 saturated heterocycles. The van der Waals surface area contributed by atoms with E-state index >= 15 is 0 Å². The Bertz CT molecular complexity index is 326. The third-order valence-corrected chi connectivity index (χ3v) is 2.88. The zero-order chi connectivity index (χ0) is 9.42. The van der Waals surface area contributed by atoms with Crippen molar-refractivity contribution in [2.45, 2.75) is 18.9 Å². The van der Waals surface area contributed by atoms with Gasteiger partial charge in [0.2, 0.25) is 5.22 Å². The predicted molar refractivity (Wildman–Crippen MR) is 51.9 cm³/mol. The number of hydrogen-bond acceptors (Lipinski definition) is 2. The molecule has 0 spiro atoms. The van der Waals surface area contributed by atoms with Gasteiger partial charge in [0.05, 0.1) is 4.47 Å². The zero-order valence-electron chi connectivity index (χ0n) is 6.64. The van der Waals surface area contributed by atoms with E-state index in [1.54, 1.807) is 6.07 Å². The number of hydrogen-bond donors (Lipinski definition) is 1. The molecule has 1 aromatic rings. The van der Waals surface area contributed by atoms with Gasteiger partial charge >= 0.3 is 0 Å². The van der Waals surface area contributed by atoms with Gasteiger partial charge in [-0.25, -0.2) is 0 Å². The number of halogens is 2. The van der Waals surface area contributed by atoms with Gasteiger partial charge in [-0.05, 0) is 40.4 Å². The molecule has 3 nitrogen and oxygen atoms in total. The molecule has 2 rings (SSSR count). The van der Waals surface area contributed by atoms with E-state index < -0.39 is 0 Å². The van der Waals surface area contributed by atoms with Gasteiger partial charge < -0.3 is 9.73 Å². The Morgan fingerprint density at radius 1 is 1.69 bits per heavy atom. The molecule has 0 aliphatic heterocycles. The summed E-state index contributed by atoms with van der Waals surface area (Å²) >= 11 is 8.79. The van der Waals surface area contributed by atoms with Gasteiger partial charge in [-0.1, -0.05) is 0 Å². The highest BCUT2D eigenvalue weighted by atomic mass is 79.9. The standard InChI is InChI=1S/C8H7BrClNO2/c9-5-3-6(13-7(5)10)8(12)11-4-1-2-4/h3-4H,1-2H2,(H,11,12). The molecule has 0 aromatic carbocycles. The van der Waals surface area contributed by atoms with Crippen LogP contribution in [0.4, 0.5) is 0 Å². The number of nitrogens with one attached hydrogen (secondary N) is 1. The number of carbonyl (C=O) groups excluding carboxylic acids is 1. The maximum atomic E-state index is 11.4. The lowest BCUT2D eigenvalue weighted by molar-refractivity contribution is 0.0923. The minimum atomic E-state index is -0.199. The number of carbonyl (C=O) groups is 1. The van der Waals surface area contributed by atoms with E-state index in [4.69, 9.17) is 16.0 Å². The Balaban J connectivity index is 2.09. The summed E-state index contributed by atoms with van der Waals surface area (Å²) in [5, 5.41) is 3.01. The van der Waals surface area contributed by atoms with Gasteiger partial charge in [-0.15, -0.1) is 0 Å². The summed E-state index contributed by atoms with van der Waals surface area (Å²) in [7, 11) is 0. The van der Waals surface area contributed by atoms with Gasteiger partial charge in [0.15, 0.2) is 5.76 Å². The molecule has 0 unspecified atom stereocenters. The van der Waals surface area contributed by atoms with Crippen LogP contribution in [0.2, 0.25) is 5.22 Å². The molecule has 1 fully saturated rings. The fourth-order valence-electron chi connectivity index (χ4n) is 0.943. The highest BCUT2D eigenvalue weighted by Gasteiger charge is 2.25. The van der Waals surface area contributed by atoms with Gasteiger partial charge in [-0.3, -0.25) is 4.79 Å². The van der Waals surface area contributed by atoms with Crippen LogP contribution in [0.3, 0.4) is 0 Å². The summed E-state index contributed by atoms with van der Waals surface area (Å²) in [6.45, 7) is 0. The Labute approximate surface area is 88.6 Å². The van der Waals surface area contributed by atoms with Crippen LogP contribution in [0.5, 0.6) is 0 Å². The first kappa shape index (κ1) is 9.09. The van der Waals surface area contributed by atoms with Crippen LogP contribution in [-0.4, -0.2) is 11.9 Å². The van der Waals surface area contributed by atoms with Crippen molar-refractivity contribution in [2.24, 2.45) is 0 Å². The molecular weight excluding hydrogens is 257 g/mol. The molecule has 1 aliphatic rings. The van der Waals surface area contributed by atoms with Crippen molar-refractivity contribution in [3.63, 3.8) is 0 Å². The molecule has 1 heterocycles. The summed E-state index contributed by atoms with van der Waals surface area (Å²) < 4.78 is 5.62. The second-order valence-electron chi connectivity index (χ2n) is 2.98. The average molecular weight is 265 g/mol. The summed E-state index contributed by atoms with van der Waals surface area (Å²) in [6, 6.07) is 1.90. The average Bonchev–Trinajstić information content (AvgIpc) is 2.81. The summed E-state index contributed by atoms with van der Waals surface area (Å²) in [6.07, 6.45) is 2.11. The van der Waals surface area contributed by atoms with Gasteiger partial charge in [0.1, 0.15) is 0 Å². The van der Waals surface area contributed by atoms with E-state index in [0.717, 1.165) is 12.8 Å². The van der Waals surface area contributed by atoms with Gasteiger partial charge in [0, 0.05) is 12.1 Å². The largest absolute Gasteiger partial charge is 0.438 e. The van der Waals surface area contributed by atoms with Crippen LogP contribution in [-0.2, 0) is 0 Å². The van der Waals surface area contributed by atoms with Crippen LogP contribution in [0.25, 0.3) is 0 Å². The van der Waals surface area contributed by atoms with Crippen molar-refractivity contribution >= 4 is 33.4 Å². The van der Waals surface area contributed by atoms with Crippen molar-refractivity contribution < 1.29 is 9.21 Å². The van der Waals surface area contributed by atoms with E-state index in [2.05, 4.69) is 21.2 Å². The van der Waals surface area contributed by atoms with E-state index in [1.807, 2.05) is 0 Å². The van der Waals surface area contributed by atoms with E-state index in [1.165, 1.54) is 0 Å². The minimum Gasteiger partial charge on any atom is -0.438 e. The lowest BCUT2D eigenvalue weighted by Crippen LogP contribution is -2.24. The zero-order valence-corrected chi connectivity index (χ0v) is 8.98. The van der Waals surface area contributed by atoms with Crippen LogP contribution in [0.15, 0.2) is 15.0 Å². The third-order valence-electron chi connectivity index (χ3n) is 1.78. The first-order valence-electron chi connectivity index (χ1n) is 3.92. The van der Waals surface area contributed by atoms with E-state index in [-0.39, 0.29) is 16.9 Å². The van der Waals surface area contributed by atoms with E-state index in [9.17, 15) is 4.79 Å². The van der Waals surface area contributed by atoms with Crippen molar-refractivity contribution in [1.29, 1.82) is 0 Å². The fraction of sp³-hybridized carbons (Fsp3) is 0.375. The van der Waals surface area contributed by atoms with Crippen LogP contribution in [0, 0.1) is 0 Å². The normalized spacial score (nSPS) is 15.8. The number of amides is 1. The third kappa shape index (κ3) is 2.06. The fourth-order valence-corrected chi connectivity index (χ4v) is 1.37.